The quantitative estimate of drug-likeness (QED) is 0.743. The second kappa shape index (κ2) is 8.06. The third-order valence-corrected chi connectivity index (χ3v) is 5.88. The number of nitrogens with one attached hydrogen (secondary N) is 1. The predicted octanol–water partition coefficient (Wildman–Crippen LogP) is 3.60. The molecule has 0 atom stereocenters. The molecule has 1 aliphatic heterocycles. The molecular formula is C21H25ClN4O3. The van der Waals surface area contributed by atoms with Gasteiger partial charge in [0.1, 0.15) is 17.9 Å². The topological polar surface area (TPSA) is 76.6 Å². The van der Waals surface area contributed by atoms with Gasteiger partial charge in [0.25, 0.3) is 5.91 Å². The predicted molar refractivity (Wildman–Crippen MR) is 111 cm³/mol. The van der Waals surface area contributed by atoms with Crippen molar-refractivity contribution in [3.63, 3.8) is 0 Å². The molecule has 1 aromatic heterocycles. The Hall–Kier alpha value is -2.54. The number of hydrogen-bond acceptors (Lipinski definition) is 6. The summed E-state index contributed by atoms with van der Waals surface area (Å²) in [5.41, 5.74) is 1.41. The molecule has 2 aliphatic rings. The molecule has 1 amide bonds. The fourth-order valence-corrected chi connectivity index (χ4v) is 4.16. The molecule has 0 bridgehead atoms. The van der Waals surface area contributed by atoms with E-state index >= 15 is 0 Å². The number of aromatic nitrogens is 2. The number of carbonyl (C=O) groups is 1. The first-order valence-electron chi connectivity index (χ1n) is 9.94. The molecule has 1 saturated heterocycles. The van der Waals surface area contributed by atoms with Gasteiger partial charge in [-0.05, 0) is 50.3 Å². The van der Waals surface area contributed by atoms with Crippen LogP contribution in [0.5, 0.6) is 11.6 Å². The van der Waals surface area contributed by atoms with Crippen LogP contribution in [0.1, 0.15) is 48.5 Å². The highest BCUT2D eigenvalue weighted by Crippen LogP contribution is 2.50. The number of ether oxygens (including phenoxy) is 2. The van der Waals surface area contributed by atoms with Gasteiger partial charge in [-0.3, -0.25) is 4.79 Å². The van der Waals surface area contributed by atoms with Gasteiger partial charge in [0.15, 0.2) is 0 Å². The molecule has 1 spiro atoms. The fourth-order valence-electron chi connectivity index (χ4n) is 3.88. The number of halogens is 1. The largest absolute Gasteiger partial charge is 0.495 e. The van der Waals surface area contributed by atoms with Crippen LogP contribution in [0.4, 0.5) is 5.95 Å². The monoisotopic (exact) mass is 416 g/mol. The number of hydrogen-bond donors (Lipinski definition) is 1. The van der Waals surface area contributed by atoms with E-state index in [-0.39, 0.29) is 23.9 Å². The van der Waals surface area contributed by atoms with Crippen molar-refractivity contribution in [2.45, 2.75) is 44.8 Å². The van der Waals surface area contributed by atoms with E-state index in [2.05, 4.69) is 20.2 Å². The average molecular weight is 417 g/mol. The molecule has 0 radical (unpaired) electrons. The van der Waals surface area contributed by atoms with E-state index < -0.39 is 0 Å². The second-order valence-electron chi connectivity index (χ2n) is 7.49. The summed E-state index contributed by atoms with van der Waals surface area (Å²) in [6.45, 7) is 3.56. The molecule has 8 heteroatoms. The lowest BCUT2D eigenvalue weighted by atomic mass is 10.2. The van der Waals surface area contributed by atoms with Gasteiger partial charge < -0.3 is 19.7 Å². The molecule has 154 valence electrons. The number of rotatable bonds is 7. The highest BCUT2D eigenvalue weighted by Gasteiger charge is 2.51. The van der Waals surface area contributed by atoms with Gasteiger partial charge in [0.05, 0.1) is 12.1 Å². The summed E-state index contributed by atoms with van der Waals surface area (Å²) >= 11 is 6.21. The van der Waals surface area contributed by atoms with Gasteiger partial charge in [0.2, 0.25) is 11.8 Å². The van der Waals surface area contributed by atoms with Gasteiger partial charge >= 0.3 is 0 Å². The van der Waals surface area contributed by atoms with Gasteiger partial charge in [-0.1, -0.05) is 17.7 Å². The number of nitrogens with zero attached hydrogens (tertiary/aromatic N) is 3. The maximum Gasteiger partial charge on any atom is 0.258 e. The molecule has 1 saturated carbocycles. The molecule has 7 nitrogen and oxygen atoms in total. The van der Waals surface area contributed by atoms with Crippen LogP contribution in [-0.4, -0.2) is 41.6 Å². The minimum absolute atomic E-state index is 0.216. The molecular weight excluding hydrogens is 392 g/mol. The van der Waals surface area contributed by atoms with E-state index in [1.54, 1.807) is 25.4 Å². The molecule has 1 aromatic carbocycles. The lowest BCUT2D eigenvalue weighted by Crippen LogP contribution is -2.33. The second-order valence-corrected chi connectivity index (χ2v) is 7.89. The Kier molecular flexibility index (Phi) is 5.50. The number of anilines is 1. The zero-order valence-corrected chi connectivity index (χ0v) is 17.5. The van der Waals surface area contributed by atoms with Crippen molar-refractivity contribution in [3.05, 3.63) is 40.5 Å². The lowest BCUT2D eigenvalue weighted by Gasteiger charge is -2.24. The minimum Gasteiger partial charge on any atom is -0.495 e. The summed E-state index contributed by atoms with van der Waals surface area (Å²) in [4.78, 5) is 23.9. The zero-order valence-electron chi connectivity index (χ0n) is 16.7. The average Bonchev–Trinajstić information content (AvgIpc) is 3.37. The summed E-state index contributed by atoms with van der Waals surface area (Å²) in [5, 5.41) is 3.30. The van der Waals surface area contributed by atoms with E-state index in [0.29, 0.717) is 28.8 Å². The van der Waals surface area contributed by atoms with Crippen molar-refractivity contribution in [3.8, 4) is 11.6 Å². The maximum atomic E-state index is 12.5. The van der Waals surface area contributed by atoms with Gasteiger partial charge in [0, 0.05) is 24.8 Å². The number of benzene rings is 1. The van der Waals surface area contributed by atoms with Crippen LogP contribution in [0, 0.1) is 0 Å². The highest BCUT2D eigenvalue weighted by molar-refractivity contribution is 6.32. The molecule has 29 heavy (non-hydrogen) atoms. The van der Waals surface area contributed by atoms with Crippen LogP contribution < -0.4 is 19.7 Å². The molecule has 2 heterocycles. The summed E-state index contributed by atoms with van der Waals surface area (Å²) < 4.78 is 11.2. The molecule has 0 unspecified atom stereocenters. The summed E-state index contributed by atoms with van der Waals surface area (Å²) in [6, 6.07) is 5.45. The van der Waals surface area contributed by atoms with Crippen molar-refractivity contribution in [2.24, 2.45) is 0 Å². The first-order valence-corrected chi connectivity index (χ1v) is 10.3. The van der Waals surface area contributed by atoms with Gasteiger partial charge in [-0.15, -0.1) is 0 Å². The Morgan fingerprint density at radius 2 is 2.17 bits per heavy atom. The Balaban J connectivity index is 1.59. The number of methoxy groups -OCH3 is 1. The molecule has 2 fully saturated rings. The Morgan fingerprint density at radius 1 is 1.34 bits per heavy atom. The van der Waals surface area contributed by atoms with E-state index in [4.69, 9.17) is 21.1 Å². The van der Waals surface area contributed by atoms with Gasteiger partial charge in [-0.25, -0.2) is 4.98 Å². The SMILES string of the molecule is CCNC(=O)c1cnc(N2CCCC23CC3)nc1OCc1ccc(OC)c(Cl)c1. The van der Waals surface area contributed by atoms with E-state index in [0.717, 1.165) is 18.5 Å². The van der Waals surface area contributed by atoms with Crippen molar-refractivity contribution >= 4 is 23.5 Å². The first-order chi connectivity index (χ1) is 14.1. The minimum atomic E-state index is -0.246. The van der Waals surface area contributed by atoms with Crippen molar-refractivity contribution in [1.82, 2.24) is 15.3 Å². The summed E-state index contributed by atoms with van der Waals surface area (Å²) in [7, 11) is 1.57. The normalized spacial score (nSPS) is 16.7. The van der Waals surface area contributed by atoms with Crippen molar-refractivity contribution in [1.29, 1.82) is 0 Å². The van der Waals surface area contributed by atoms with Crippen LogP contribution in [0.2, 0.25) is 5.02 Å². The highest BCUT2D eigenvalue weighted by atomic mass is 35.5. The molecule has 1 aliphatic carbocycles. The maximum absolute atomic E-state index is 12.5. The summed E-state index contributed by atoms with van der Waals surface area (Å²) in [5.74, 6) is 1.28. The summed E-state index contributed by atoms with van der Waals surface area (Å²) in [6.07, 6.45) is 6.24. The number of amides is 1. The van der Waals surface area contributed by atoms with Crippen LogP contribution in [0.15, 0.2) is 24.4 Å². The van der Waals surface area contributed by atoms with Crippen molar-refractivity contribution in [2.75, 3.05) is 25.1 Å². The van der Waals surface area contributed by atoms with E-state index in [1.165, 1.54) is 19.3 Å². The first kappa shape index (κ1) is 19.8. The van der Waals surface area contributed by atoms with E-state index in [9.17, 15) is 4.79 Å². The lowest BCUT2D eigenvalue weighted by molar-refractivity contribution is 0.0950. The van der Waals surface area contributed by atoms with Crippen LogP contribution >= 0.6 is 11.6 Å². The third kappa shape index (κ3) is 3.96. The van der Waals surface area contributed by atoms with Crippen molar-refractivity contribution < 1.29 is 14.3 Å². The van der Waals surface area contributed by atoms with Gasteiger partial charge in [-0.2, -0.15) is 4.98 Å². The Bertz CT molecular complexity index is 917. The third-order valence-electron chi connectivity index (χ3n) is 5.58. The standard InChI is InChI=1S/C21H25ClN4O3/c1-3-23-18(27)15-12-24-20(26-10-4-7-21(26)8-9-21)25-19(15)29-13-14-5-6-17(28-2)16(22)11-14/h5-6,11-12H,3-4,7-10,13H2,1-2H3,(H,23,27). The smallest absolute Gasteiger partial charge is 0.258 e. The van der Waals surface area contributed by atoms with Crippen LogP contribution in [0.3, 0.4) is 0 Å². The molecule has 1 N–H and O–H groups in total. The fraction of sp³-hybridized carbons (Fsp3) is 0.476. The van der Waals surface area contributed by atoms with Crippen LogP contribution in [-0.2, 0) is 6.61 Å². The molecule has 4 rings (SSSR count). The van der Waals surface area contributed by atoms with Crippen LogP contribution in [0.25, 0.3) is 0 Å². The van der Waals surface area contributed by atoms with E-state index in [1.807, 2.05) is 13.0 Å². The zero-order chi connectivity index (χ0) is 20.4. The molecule has 2 aromatic rings. The number of carbonyl (C=O) groups excluding carboxylic acids is 1. The Labute approximate surface area is 175 Å². The Morgan fingerprint density at radius 3 is 2.86 bits per heavy atom.